The Bertz CT molecular complexity index is 794. The third-order valence-corrected chi connectivity index (χ3v) is 3.81. The van der Waals surface area contributed by atoms with E-state index in [1.54, 1.807) is 0 Å². The average Bonchev–Trinajstić information content (AvgIpc) is 3.03. The molecule has 0 aliphatic carbocycles. The first-order chi connectivity index (χ1) is 11.7. The van der Waals surface area contributed by atoms with E-state index >= 15 is 0 Å². The fraction of sp³-hybridized carbons (Fsp3) is 0.389. The molecule has 126 valence electrons. The zero-order valence-corrected chi connectivity index (χ0v) is 14.5. The second-order valence-corrected chi connectivity index (χ2v) is 6.08. The van der Waals surface area contributed by atoms with Crippen LogP contribution in [-0.2, 0) is 6.54 Å². The van der Waals surface area contributed by atoms with Crippen LogP contribution < -0.4 is 10.6 Å². The lowest BCUT2D eigenvalue weighted by Gasteiger charge is -2.12. The molecule has 2 aromatic heterocycles. The molecule has 3 aromatic rings. The molecule has 0 spiro atoms. The number of rotatable bonds is 7. The zero-order valence-electron chi connectivity index (χ0n) is 14.5. The molecule has 2 N–H and O–H groups in total. The van der Waals surface area contributed by atoms with Crippen LogP contribution in [0.5, 0.6) is 0 Å². The summed E-state index contributed by atoms with van der Waals surface area (Å²) in [6, 6.07) is 10.6. The third-order valence-electron chi connectivity index (χ3n) is 3.81. The van der Waals surface area contributed by atoms with Gasteiger partial charge in [-0.2, -0.15) is 9.97 Å². The van der Waals surface area contributed by atoms with E-state index in [0.29, 0.717) is 18.5 Å². The summed E-state index contributed by atoms with van der Waals surface area (Å²) in [6.07, 6.45) is 2.86. The summed E-state index contributed by atoms with van der Waals surface area (Å²) in [7, 11) is 0. The number of imidazole rings is 1. The van der Waals surface area contributed by atoms with Crippen LogP contribution in [-0.4, -0.2) is 26.1 Å². The van der Waals surface area contributed by atoms with Gasteiger partial charge in [0, 0.05) is 19.1 Å². The number of benzene rings is 1. The summed E-state index contributed by atoms with van der Waals surface area (Å²) < 4.78 is 2.07. The van der Waals surface area contributed by atoms with Gasteiger partial charge in [0.25, 0.3) is 0 Å². The van der Waals surface area contributed by atoms with E-state index in [9.17, 15) is 0 Å². The number of anilines is 2. The van der Waals surface area contributed by atoms with Gasteiger partial charge in [-0.3, -0.25) is 0 Å². The van der Waals surface area contributed by atoms with Crippen molar-refractivity contribution in [1.82, 2.24) is 19.5 Å². The zero-order chi connectivity index (χ0) is 16.9. The smallest absolute Gasteiger partial charge is 0.226 e. The van der Waals surface area contributed by atoms with Gasteiger partial charge in [-0.05, 0) is 25.8 Å². The van der Waals surface area contributed by atoms with Crippen molar-refractivity contribution in [2.24, 2.45) is 0 Å². The second kappa shape index (κ2) is 7.29. The predicted octanol–water partition coefficient (Wildman–Crippen LogP) is 3.84. The molecule has 0 atom stereocenters. The number of hydrogen-bond acceptors (Lipinski definition) is 5. The molecule has 0 saturated heterocycles. The molecule has 0 aliphatic rings. The summed E-state index contributed by atoms with van der Waals surface area (Å²) in [5.41, 5.74) is 2.87. The maximum absolute atomic E-state index is 4.65. The van der Waals surface area contributed by atoms with E-state index in [1.165, 1.54) is 5.56 Å². The first-order valence-electron chi connectivity index (χ1n) is 8.45. The van der Waals surface area contributed by atoms with Gasteiger partial charge < -0.3 is 15.2 Å². The lowest BCUT2D eigenvalue weighted by atomic mass is 10.2. The Hall–Kier alpha value is -2.63. The van der Waals surface area contributed by atoms with Crippen molar-refractivity contribution in [2.45, 2.75) is 39.8 Å². The molecule has 0 amide bonds. The quantitative estimate of drug-likeness (QED) is 0.691. The monoisotopic (exact) mass is 324 g/mol. The Kier molecular flexibility index (Phi) is 4.93. The Morgan fingerprint density at radius 3 is 2.58 bits per heavy atom. The molecule has 0 radical (unpaired) electrons. The minimum absolute atomic E-state index is 0.297. The lowest BCUT2D eigenvalue weighted by molar-refractivity contribution is 0.613. The molecule has 1 aromatic carbocycles. The molecule has 0 unspecified atom stereocenters. The summed E-state index contributed by atoms with van der Waals surface area (Å²) in [4.78, 5) is 13.8. The molecule has 0 saturated carbocycles. The molecule has 3 rings (SSSR count). The highest BCUT2D eigenvalue weighted by molar-refractivity contribution is 5.84. The fourth-order valence-corrected chi connectivity index (χ4v) is 2.52. The Morgan fingerprint density at radius 1 is 1.08 bits per heavy atom. The number of nitrogens with one attached hydrogen (secondary N) is 2. The summed E-state index contributed by atoms with van der Waals surface area (Å²) >= 11 is 0. The van der Waals surface area contributed by atoms with Gasteiger partial charge >= 0.3 is 0 Å². The first kappa shape index (κ1) is 16.2. The SMILES string of the molecule is CCCNc1nc(NCc2ccccc2)c2ncn(C(C)C)c2n1. The average molecular weight is 324 g/mol. The predicted molar refractivity (Wildman–Crippen MR) is 98.3 cm³/mol. The van der Waals surface area contributed by atoms with Gasteiger partial charge in [0.2, 0.25) is 5.95 Å². The van der Waals surface area contributed by atoms with Crippen LogP contribution in [0.2, 0.25) is 0 Å². The first-order valence-corrected chi connectivity index (χ1v) is 8.45. The largest absolute Gasteiger partial charge is 0.364 e. The van der Waals surface area contributed by atoms with Crippen LogP contribution in [0, 0.1) is 0 Å². The molecule has 0 fully saturated rings. The highest BCUT2D eigenvalue weighted by Crippen LogP contribution is 2.23. The van der Waals surface area contributed by atoms with Crippen LogP contribution in [0.4, 0.5) is 11.8 Å². The molecular weight excluding hydrogens is 300 g/mol. The molecular formula is C18H24N6. The van der Waals surface area contributed by atoms with Gasteiger partial charge in [-0.25, -0.2) is 4.98 Å². The Balaban J connectivity index is 1.94. The summed E-state index contributed by atoms with van der Waals surface area (Å²) in [5.74, 6) is 1.41. The van der Waals surface area contributed by atoms with Crippen molar-refractivity contribution in [3.8, 4) is 0 Å². The molecule has 0 aliphatic heterocycles. The van der Waals surface area contributed by atoms with Gasteiger partial charge in [0.05, 0.1) is 6.33 Å². The van der Waals surface area contributed by atoms with Gasteiger partial charge in [-0.15, -0.1) is 0 Å². The van der Waals surface area contributed by atoms with Gasteiger partial charge in [0.15, 0.2) is 17.0 Å². The highest BCUT2D eigenvalue weighted by Gasteiger charge is 2.14. The second-order valence-electron chi connectivity index (χ2n) is 6.08. The number of aromatic nitrogens is 4. The number of fused-ring (bicyclic) bond motifs is 1. The topological polar surface area (TPSA) is 67.7 Å². The van der Waals surface area contributed by atoms with E-state index in [0.717, 1.165) is 29.9 Å². The van der Waals surface area contributed by atoms with Crippen molar-refractivity contribution in [3.05, 3.63) is 42.2 Å². The van der Waals surface area contributed by atoms with Crippen molar-refractivity contribution in [2.75, 3.05) is 17.2 Å². The molecule has 24 heavy (non-hydrogen) atoms. The van der Waals surface area contributed by atoms with Crippen LogP contribution in [0.15, 0.2) is 36.7 Å². The maximum atomic E-state index is 4.65. The van der Waals surface area contributed by atoms with E-state index in [2.05, 4.69) is 63.1 Å². The normalized spacial score (nSPS) is 11.2. The minimum atomic E-state index is 0.297. The van der Waals surface area contributed by atoms with E-state index < -0.39 is 0 Å². The Morgan fingerprint density at radius 2 is 1.88 bits per heavy atom. The molecule has 2 heterocycles. The van der Waals surface area contributed by atoms with Crippen LogP contribution in [0.3, 0.4) is 0 Å². The van der Waals surface area contributed by atoms with Crippen LogP contribution in [0.1, 0.15) is 38.8 Å². The van der Waals surface area contributed by atoms with Gasteiger partial charge in [-0.1, -0.05) is 37.3 Å². The van der Waals surface area contributed by atoms with Crippen molar-refractivity contribution in [1.29, 1.82) is 0 Å². The van der Waals surface area contributed by atoms with Crippen molar-refractivity contribution < 1.29 is 0 Å². The summed E-state index contributed by atoms with van der Waals surface area (Å²) in [5, 5.41) is 6.68. The van der Waals surface area contributed by atoms with Crippen LogP contribution in [0.25, 0.3) is 11.2 Å². The van der Waals surface area contributed by atoms with Gasteiger partial charge in [0.1, 0.15) is 0 Å². The number of nitrogens with zero attached hydrogens (tertiary/aromatic N) is 4. The van der Waals surface area contributed by atoms with Crippen molar-refractivity contribution in [3.63, 3.8) is 0 Å². The van der Waals surface area contributed by atoms with E-state index in [1.807, 2.05) is 24.5 Å². The maximum Gasteiger partial charge on any atom is 0.226 e. The lowest BCUT2D eigenvalue weighted by Crippen LogP contribution is -2.10. The Labute approximate surface area is 142 Å². The number of hydrogen-bond donors (Lipinski definition) is 2. The van der Waals surface area contributed by atoms with Crippen LogP contribution >= 0.6 is 0 Å². The molecule has 6 nitrogen and oxygen atoms in total. The third kappa shape index (κ3) is 3.48. The summed E-state index contributed by atoms with van der Waals surface area (Å²) in [6.45, 7) is 7.92. The highest BCUT2D eigenvalue weighted by atomic mass is 15.2. The van der Waals surface area contributed by atoms with E-state index in [4.69, 9.17) is 0 Å². The fourth-order valence-electron chi connectivity index (χ4n) is 2.52. The molecule has 6 heteroatoms. The van der Waals surface area contributed by atoms with E-state index in [-0.39, 0.29) is 0 Å². The standard InChI is InChI=1S/C18H24N6/c1-4-10-19-18-22-16(20-11-14-8-6-5-7-9-14)15-17(23-18)24(12-21-15)13(2)3/h5-9,12-13H,4,10-11H2,1-3H3,(H2,19,20,22,23). The minimum Gasteiger partial charge on any atom is -0.364 e. The molecule has 0 bridgehead atoms. The van der Waals surface area contributed by atoms with Crippen molar-refractivity contribution >= 4 is 22.9 Å².